The van der Waals surface area contributed by atoms with Gasteiger partial charge in [0.2, 0.25) is 11.8 Å². The number of nitrogens with zero attached hydrogens (tertiary/aromatic N) is 2. The molecule has 4 aromatic rings. The Kier molecular flexibility index (Phi) is 11.4. The van der Waals surface area contributed by atoms with Crippen LogP contribution in [0.3, 0.4) is 0 Å². The maximum atomic E-state index is 14.5. The molecule has 236 valence electrons. The number of anilines is 1. The summed E-state index contributed by atoms with van der Waals surface area (Å²) in [4.78, 5) is 29.9. The van der Waals surface area contributed by atoms with Gasteiger partial charge in [0.05, 0.1) is 10.6 Å². The molecule has 0 fully saturated rings. The second-order valence-electron chi connectivity index (χ2n) is 11.7. The van der Waals surface area contributed by atoms with Crippen molar-refractivity contribution in [2.75, 3.05) is 17.4 Å². The van der Waals surface area contributed by atoms with Gasteiger partial charge < -0.3 is 10.2 Å². The molecular weight excluding hydrogens is 606 g/mol. The molecule has 4 rings (SSSR count). The highest BCUT2D eigenvalue weighted by Crippen LogP contribution is 2.27. The van der Waals surface area contributed by atoms with Crippen molar-refractivity contribution in [1.29, 1.82) is 0 Å². The fourth-order valence-electron chi connectivity index (χ4n) is 4.84. The lowest BCUT2D eigenvalue weighted by molar-refractivity contribution is -0.140. The van der Waals surface area contributed by atoms with Crippen molar-refractivity contribution in [1.82, 2.24) is 10.2 Å². The van der Waals surface area contributed by atoms with Crippen molar-refractivity contribution in [3.63, 3.8) is 0 Å². The van der Waals surface area contributed by atoms with Gasteiger partial charge in [-0.05, 0) is 67.3 Å². The highest BCUT2D eigenvalue weighted by Gasteiger charge is 2.34. The number of sulfonamides is 1. The lowest BCUT2D eigenvalue weighted by Crippen LogP contribution is -2.53. The first-order chi connectivity index (χ1) is 21.4. The van der Waals surface area contributed by atoms with E-state index in [2.05, 4.69) is 5.32 Å². The van der Waals surface area contributed by atoms with Crippen LogP contribution in [0.1, 0.15) is 36.1 Å². The molecule has 0 aliphatic carbocycles. The molecule has 1 atom stereocenters. The van der Waals surface area contributed by atoms with E-state index in [0.717, 1.165) is 26.6 Å². The van der Waals surface area contributed by atoms with E-state index in [-0.39, 0.29) is 35.4 Å². The first-order valence-corrected chi connectivity index (χ1v) is 16.8. The molecule has 0 aliphatic heterocycles. The van der Waals surface area contributed by atoms with Gasteiger partial charge >= 0.3 is 0 Å². The van der Waals surface area contributed by atoms with Crippen molar-refractivity contribution in [3.05, 3.63) is 130 Å². The van der Waals surface area contributed by atoms with Crippen LogP contribution in [0.15, 0.2) is 108 Å². The van der Waals surface area contributed by atoms with Crippen LogP contribution in [0, 0.1) is 19.8 Å². The summed E-state index contributed by atoms with van der Waals surface area (Å²) in [6.45, 7) is 7.89. The Bertz CT molecular complexity index is 1680. The molecule has 9 heteroatoms. The number of aryl methyl sites for hydroxylation is 2. The van der Waals surface area contributed by atoms with E-state index in [0.29, 0.717) is 11.6 Å². The summed E-state index contributed by atoms with van der Waals surface area (Å²) >= 11 is 6.14. The Balaban J connectivity index is 1.79. The molecule has 0 aliphatic rings. The number of hydrogen-bond donors (Lipinski definition) is 1. The lowest BCUT2D eigenvalue weighted by Gasteiger charge is -2.34. The molecule has 2 amide bonds. The van der Waals surface area contributed by atoms with Gasteiger partial charge in [-0.15, -0.1) is 0 Å². The van der Waals surface area contributed by atoms with E-state index >= 15 is 0 Å². The molecule has 0 bridgehead atoms. The van der Waals surface area contributed by atoms with Crippen LogP contribution in [0.4, 0.5) is 5.69 Å². The first-order valence-electron chi connectivity index (χ1n) is 15.0. The summed E-state index contributed by atoms with van der Waals surface area (Å²) in [5, 5.41) is 3.44. The van der Waals surface area contributed by atoms with E-state index in [4.69, 9.17) is 11.6 Å². The number of carbonyl (C=O) groups is 2. The van der Waals surface area contributed by atoms with Crippen LogP contribution in [0.25, 0.3) is 0 Å². The topological polar surface area (TPSA) is 86.8 Å². The monoisotopic (exact) mass is 645 g/mol. The van der Waals surface area contributed by atoms with Gasteiger partial charge in [-0.25, -0.2) is 8.42 Å². The van der Waals surface area contributed by atoms with E-state index in [1.54, 1.807) is 36.4 Å². The van der Waals surface area contributed by atoms with E-state index < -0.39 is 28.5 Å². The Morgan fingerprint density at radius 2 is 1.36 bits per heavy atom. The number of hydrogen-bond acceptors (Lipinski definition) is 4. The number of benzene rings is 4. The molecule has 0 heterocycles. The van der Waals surface area contributed by atoms with Crippen LogP contribution >= 0.6 is 11.6 Å². The van der Waals surface area contributed by atoms with Gasteiger partial charge in [-0.3, -0.25) is 13.9 Å². The fraction of sp³-hybridized carbons (Fsp3) is 0.278. The summed E-state index contributed by atoms with van der Waals surface area (Å²) in [7, 11) is -4.17. The largest absolute Gasteiger partial charge is 0.354 e. The minimum atomic E-state index is -4.17. The molecule has 7 nitrogen and oxygen atoms in total. The minimum Gasteiger partial charge on any atom is -0.354 e. The van der Waals surface area contributed by atoms with Crippen LogP contribution in [0.5, 0.6) is 0 Å². The zero-order valence-electron chi connectivity index (χ0n) is 26.1. The first kappa shape index (κ1) is 33.7. The Morgan fingerprint density at radius 1 is 0.778 bits per heavy atom. The number of carbonyl (C=O) groups excluding carboxylic acids is 2. The molecule has 0 saturated carbocycles. The van der Waals surface area contributed by atoms with Crippen molar-refractivity contribution < 1.29 is 18.0 Å². The zero-order valence-corrected chi connectivity index (χ0v) is 27.7. The maximum absolute atomic E-state index is 14.5. The second-order valence-corrected chi connectivity index (χ2v) is 14.0. The third kappa shape index (κ3) is 9.19. The van der Waals surface area contributed by atoms with Crippen molar-refractivity contribution in [2.45, 2.75) is 51.6 Å². The summed E-state index contributed by atoms with van der Waals surface area (Å²) in [6.07, 6.45) is 0.258. The summed E-state index contributed by atoms with van der Waals surface area (Å²) in [5.74, 6) is -0.609. The van der Waals surface area contributed by atoms with Gasteiger partial charge in [0.25, 0.3) is 10.0 Å². The fourth-order valence-corrected chi connectivity index (χ4v) is 6.38. The molecule has 4 aromatic carbocycles. The van der Waals surface area contributed by atoms with Crippen LogP contribution < -0.4 is 9.62 Å². The second kappa shape index (κ2) is 15.2. The van der Waals surface area contributed by atoms with Crippen LogP contribution in [-0.4, -0.2) is 44.3 Å². The van der Waals surface area contributed by atoms with E-state index in [1.165, 1.54) is 17.0 Å². The molecular formula is C36H40ClN3O4S. The average molecular weight is 646 g/mol. The normalized spacial score (nSPS) is 12.0. The maximum Gasteiger partial charge on any atom is 0.264 e. The molecule has 0 radical (unpaired) electrons. The van der Waals surface area contributed by atoms with Crippen molar-refractivity contribution >= 4 is 39.1 Å². The third-order valence-corrected chi connectivity index (χ3v) is 9.47. The predicted octanol–water partition coefficient (Wildman–Crippen LogP) is 6.56. The SMILES string of the molecule is Cc1ccc(CN(C(=O)CN(c2ccc(Cl)cc2)S(=O)(=O)c2ccc(C)cc2)[C@H](Cc2ccccc2)C(=O)NCC(C)C)cc1. The van der Waals surface area contributed by atoms with Crippen LogP contribution in [-0.2, 0) is 32.6 Å². The summed E-state index contributed by atoms with van der Waals surface area (Å²) < 4.78 is 29.3. The van der Waals surface area contributed by atoms with Gasteiger partial charge in [-0.1, -0.05) is 103 Å². The smallest absolute Gasteiger partial charge is 0.264 e. The van der Waals surface area contributed by atoms with Gasteiger partial charge in [0.1, 0.15) is 12.6 Å². The van der Waals surface area contributed by atoms with Gasteiger partial charge in [0.15, 0.2) is 0 Å². The quantitative estimate of drug-likeness (QED) is 0.178. The molecule has 0 unspecified atom stereocenters. The molecule has 45 heavy (non-hydrogen) atoms. The Hall–Kier alpha value is -4.14. The minimum absolute atomic E-state index is 0.0523. The number of amides is 2. The Labute approximate surface area is 271 Å². The average Bonchev–Trinajstić information content (AvgIpc) is 3.02. The molecule has 1 N–H and O–H groups in total. The molecule has 0 spiro atoms. The summed E-state index contributed by atoms with van der Waals surface area (Å²) in [5.41, 5.74) is 3.95. The lowest BCUT2D eigenvalue weighted by atomic mass is 10.0. The van der Waals surface area contributed by atoms with Crippen molar-refractivity contribution in [2.24, 2.45) is 5.92 Å². The summed E-state index contributed by atoms with van der Waals surface area (Å²) in [6, 6.07) is 29.1. The highest BCUT2D eigenvalue weighted by molar-refractivity contribution is 7.92. The third-order valence-electron chi connectivity index (χ3n) is 7.43. The highest BCUT2D eigenvalue weighted by atomic mass is 35.5. The number of halogens is 1. The van der Waals surface area contributed by atoms with Crippen LogP contribution in [0.2, 0.25) is 5.02 Å². The van der Waals surface area contributed by atoms with E-state index in [1.807, 2.05) is 82.3 Å². The zero-order chi connectivity index (χ0) is 32.6. The van der Waals surface area contributed by atoms with E-state index in [9.17, 15) is 18.0 Å². The number of rotatable bonds is 13. The predicted molar refractivity (Wildman–Crippen MR) is 181 cm³/mol. The standard InChI is InChI=1S/C36H40ClN3O4S/c1-26(2)23-38-36(42)34(22-29-8-6-5-7-9-29)39(24-30-14-10-27(3)11-15-30)35(41)25-40(32-18-16-31(37)17-19-32)45(43,44)33-20-12-28(4)13-21-33/h5-21,26,34H,22-25H2,1-4H3,(H,38,42)/t34-/m1/s1. The van der Waals surface area contributed by atoms with Gasteiger partial charge in [-0.2, -0.15) is 0 Å². The Morgan fingerprint density at radius 3 is 1.93 bits per heavy atom. The van der Waals surface area contributed by atoms with Gasteiger partial charge in [0, 0.05) is 24.5 Å². The number of nitrogens with one attached hydrogen (secondary N) is 1. The molecule has 0 saturated heterocycles. The van der Waals surface area contributed by atoms with Crippen molar-refractivity contribution in [3.8, 4) is 0 Å². The molecule has 0 aromatic heterocycles.